The van der Waals surface area contributed by atoms with E-state index in [1.54, 1.807) is 19.4 Å². The molecule has 2 aliphatic rings. The summed E-state index contributed by atoms with van der Waals surface area (Å²) in [5.41, 5.74) is 6.25. The largest absolute Gasteiger partial charge is 0.384 e. The number of halogens is 1. The van der Waals surface area contributed by atoms with Crippen molar-refractivity contribution in [2.24, 2.45) is 10.4 Å². The standard InChI is InChI=1S/C30H32FN3O2/c1-21-14-23(10-12-32-21)29-26-15-22(8-9-25(26)17-33-29)28(35)18-34-13-5-11-30(19-34,20-36-2)16-24-6-3-4-7-27(24)31/h3-4,6-10,12,14-15H,5,11,13,16-20H2,1-2H3. The first-order valence-electron chi connectivity index (χ1n) is 12.5. The second-order valence-corrected chi connectivity index (χ2v) is 10.2. The van der Waals surface area contributed by atoms with Crippen LogP contribution in [0.1, 0.15) is 51.1 Å². The van der Waals surface area contributed by atoms with E-state index in [0.717, 1.165) is 47.5 Å². The number of ketones is 1. The van der Waals surface area contributed by atoms with Crippen LogP contribution in [0.4, 0.5) is 4.39 Å². The predicted octanol–water partition coefficient (Wildman–Crippen LogP) is 5.03. The van der Waals surface area contributed by atoms with Gasteiger partial charge in [-0.05, 0) is 68.1 Å². The first kappa shape index (κ1) is 24.5. The van der Waals surface area contributed by atoms with Crippen molar-refractivity contribution in [3.63, 3.8) is 0 Å². The summed E-state index contributed by atoms with van der Waals surface area (Å²) >= 11 is 0. The van der Waals surface area contributed by atoms with E-state index >= 15 is 0 Å². The van der Waals surface area contributed by atoms with Crippen LogP contribution in [0.15, 0.2) is 65.8 Å². The first-order chi connectivity index (χ1) is 17.5. The number of hydrogen-bond donors (Lipinski definition) is 0. The number of likely N-dealkylation sites (tertiary alicyclic amines) is 1. The van der Waals surface area contributed by atoms with Gasteiger partial charge < -0.3 is 4.74 Å². The van der Waals surface area contributed by atoms with Crippen LogP contribution in [0, 0.1) is 18.2 Å². The molecule has 1 saturated heterocycles. The van der Waals surface area contributed by atoms with Crippen LogP contribution in [0.3, 0.4) is 0 Å². The van der Waals surface area contributed by atoms with Crippen molar-refractivity contribution in [1.82, 2.24) is 9.88 Å². The van der Waals surface area contributed by atoms with Crippen LogP contribution in [-0.4, -0.2) is 54.7 Å². The molecule has 1 atom stereocenters. The molecule has 6 heteroatoms. The molecule has 0 radical (unpaired) electrons. The topological polar surface area (TPSA) is 54.8 Å². The van der Waals surface area contributed by atoms with Gasteiger partial charge in [0, 0.05) is 47.7 Å². The molecule has 0 aliphatic carbocycles. The molecule has 186 valence electrons. The van der Waals surface area contributed by atoms with Crippen molar-refractivity contribution in [3.05, 3.63) is 100 Å². The summed E-state index contributed by atoms with van der Waals surface area (Å²) in [6.07, 6.45) is 4.30. The molecule has 1 unspecified atom stereocenters. The second kappa shape index (κ2) is 10.4. The van der Waals surface area contributed by atoms with Crippen LogP contribution in [-0.2, 0) is 17.7 Å². The summed E-state index contributed by atoms with van der Waals surface area (Å²) in [6, 6.07) is 16.9. The third-order valence-corrected chi connectivity index (χ3v) is 7.35. The number of nitrogens with zero attached hydrogens (tertiary/aromatic N) is 3. The number of piperidine rings is 1. The Labute approximate surface area is 212 Å². The molecule has 3 aromatic rings. The fraction of sp³-hybridized carbons (Fsp3) is 0.367. The van der Waals surface area contributed by atoms with Gasteiger partial charge in [0.25, 0.3) is 0 Å². The Morgan fingerprint density at radius 1 is 1.17 bits per heavy atom. The van der Waals surface area contributed by atoms with Crippen LogP contribution in [0.25, 0.3) is 0 Å². The van der Waals surface area contributed by atoms with E-state index in [0.29, 0.717) is 43.8 Å². The molecule has 5 nitrogen and oxygen atoms in total. The molecule has 0 saturated carbocycles. The number of Topliss-reactive ketones (excluding diaryl/α,β-unsaturated/α-hetero) is 1. The van der Waals surface area contributed by atoms with E-state index in [2.05, 4.69) is 9.88 Å². The lowest BCUT2D eigenvalue weighted by Gasteiger charge is -2.42. The number of pyridine rings is 1. The highest BCUT2D eigenvalue weighted by molar-refractivity contribution is 6.16. The molecule has 0 amide bonds. The Morgan fingerprint density at radius 3 is 2.83 bits per heavy atom. The minimum Gasteiger partial charge on any atom is -0.384 e. The normalized spacial score (nSPS) is 19.7. The fourth-order valence-corrected chi connectivity index (χ4v) is 5.70. The van der Waals surface area contributed by atoms with Gasteiger partial charge in [-0.2, -0.15) is 0 Å². The van der Waals surface area contributed by atoms with Crippen molar-refractivity contribution in [1.29, 1.82) is 0 Å². The number of rotatable bonds is 8. The van der Waals surface area contributed by atoms with Gasteiger partial charge in [0.15, 0.2) is 5.78 Å². The lowest BCUT2D eigenvalue weighted by atomic mass is 9.75. The quantitative estimate of drug-likeness (QED) is 0.420. The van der Waals surface area contributed by atoms with Gasteiger partial charge in [-0.15, -0.1) is 0 Å². The lowest BCUT2D eigenvalue weighted by molar-refractivity contribution is 0.0124. The van der Waals surface area contributed by atoms with Gasteiger partial charge in [-0.1, -0.05) is 30.3 Å². The minimum atomic E-state index is -0.216. The molecule has 2 aromatic carbocycles. The molecule has 1 fully saturated rings. The monoisotopic (exact) mass is 485 g/mol. The molecule has 0 bridgehead atoms. The zero-order valence-corrected chi connectivity index (χ0v) is 21.0. The molecule has 3 heterocycles. The smallest absolute Gasteiger partial charge is 0.176 e. The number of carbonyl (C=O) groups excluding carboxylic acids is 1. The number of hydrogen-bond acceptors (Lipinski definition) is 5. The van der Waals surface area contributed by atoms with E-state index in [1.807, 2.05) is 49.4 Å². The summed E-state index contributed by atoms with van der Waals surface area (Å²) in [6.45, 7) is 5.02. The second-order valence-electron chi connectivity index (χ2n) is 10.2. The maximum Gasteiger partial charge on any atom is 0.176 e. The molecule has 0 N–H and O–H groups in total. The van der Waals surface area contributed by atoms with Gasteiger partial charge in [-0.3, -0.25) is 19.7 Å². The third kappa shape index (κ3) is 5.15. The molecular formula is C30H32FN3O2. The maximum absolute atomic E-state index is 14.4. The number of benzene rings is 2. The van der Waals surface area contributed by atoms with Crippen LogP contribution in [0.5, 0.6) is 0 Å². The zero-order valence-electron chi connectivity index (χ0n) is 21.0. The average molecular weight is 486 g/mol. The Bertz CT molecular complexity index is 1300. The Morgan fingerprint density at radius 2 is 2.03 bits per heavy atom. The van der Waals surface area contributed by atoms with Crippen LogP contribution >= 0.6 is 0 Å². The molecule has 2 aliphatic heterocycles. The molecule has 1 aromatic heterocycles. The van der Waals surface area contributed by atoms with Gasteiger partial charge in [0.1, 0.15) is 5.82 Å². The highest BCUT2D eigenvalue weighted by Crippen LogP contribution is 2.35. The van der Waals surface area contributed by atoms with Crippen molar-refractivity contribution < 1.29 is 13.9 Å². The first-order valence-corrected chi connectivity index (χ1v) is 12.5. The number of aryl methyl sites for hydroxylation is 1. The van der Waals surface area contributed by atoms with Crippen molar-refractivity contribution in [3.8, 4) is 0 Å². The Hall–Kier alpha value is -3.22. The van der Waals surface area contributed by atoms with Crippen LogP contribution < -0.4 is 0 Å². The predicted molar refractivity (Wildman–Crippen MR) is 139 cm³/mol. The zero-order chi connectivity index (χ0) is 25.1. The Kier molecular flexibility index (Phi) is 7.08. The molecule has 5 rings (SSSR count). The van der Waals surface area contributed by atoms with E-state index < -0.39 is 0 Å². The minimum absolute atomic E-state index is 0.0917. The molecular weight excluding hydrogens is 453 g/mol. The maximum atomic E-state index is 14.4. The third-order valence-electron chi connectivity index (χ3n) is 7.35. The lowest BCUT2D eigenvalue weighted by Crippen LogP contribution is -2.48. The van der Waals surface area contributed by atoms with Gasteiger partial charge in [0.05, 0.1) is 25.4 Å². The number of aliphatic imine (C=N–C) groups is 1. The number of aromatic nitrogens is 1. The van der Waals surface area contributed by atoms with Crippen molar-refractivity contribution in [2.75, 3.05) is 33.4 Å². The SMILES string of the molecule is COCC1(Cc2ccccc2F)CCCN(CC(=O)c2ccc3c(c2)C(c2ccnc(C)c2)=NC3)C1. The number of ether oxygens (including phenoxy) is 1. The summed E-state index contributed by atoms with van der Waals surface area (Å²) in [7, 11) is 1.70. The van der Waals surface area contributed by atoms with E-state index in [4.69, 9.17) is 9.73 Å². The summed E-state index contributed by atoms with van der Waals surface area (Å²) < 4.78 is 20.0. The average Bonchev–Trinajstić information content (AvgIpc) is 3.29. The van der Waals surface area contributed by atoms with Gasteiger partial charge >= 0.3 is 0 Å². The van der Waals surface area contributed by atoms with Gasteiger partial charge in [0.2, 0.25) is 0 Å². The summed E-state index contributed by atoms with van der Waals surface area (Å²) in [5, 5.41) is 0. The van der Waals surface area contributed by atoms with E-state index in [-0.39, 0.29) is 17.0 Å². The van der Waals surface area contributed by atoms with Crippen molar-refractivity contribution in [2.45, 2.75) is 32.7 Å². The molecule has 0 spiro atoms. The summed E-state index contributed by atoms with van der Waals surface area (Å²) in [4.78, 5) is 24.6. The van der Waals surface area contributed by atoms with Gasteiger partial charge in [-0.25, -0.2) is 4.39 Å². The highest BCUT2D eigenvalue weighted by Gasteiger charge is 2.37. The van der Waals surface area contributed by atoms with Crippen LogP contribution in [0.2, 0.25) is 0 Å². The highest BCUT2D eigenvalue weighted by atomic mass is 19.1. The summed E-state index contributed by atoms with van der Waals surface area (Å²) in [5.74, 6) is -0.0877. The van der Waals surface area contributed by atoms with E-state index in [9.17, 15) is 9.18 Å². The fourth-order valence-electron chi connectivity index (χ4n) is 5.70. The Balaban J connectivity index is 1.32. The number of fused-ring (bicyclic) bond motifs is 1. The molecule has 36 heavy (non-hydrogen) atoms. The van der Waals surface area contributed by atoms with E-state index in [1.165, 1.54) is 6.07 Å². The number of carbonyl (C=O) groups is 1. The number of methoxy groups -OCH3 is 1. The van der Waals surface area contributed by atoms with Crippen molar-refractivity contribution >= 4 is 11.5 Å².